The Balaban J connectivity index is 2.07. The summed E-state index contributed by atoms with van der Waals surface area (Å²) in [6.45, 7) is 0.499. The first-order chi connectivity index (χ1) is 9.54. The van der Waals surface area contributed by atoms with Crippen LogP contribution in [0.2, 0.25) is 0 Å². The van der Waals surface area contributed by atoms with Crippen LogP contribution in [0.15, 0.2) is 0 Å². The fourth-order valence-corrected chi connectivity index (χ4v) is 2.80. The molecule has 2 rings (SSSR count). The van der Waals surface area contributed by atoms with Crippen molar-refractivity contribution < 1.29 is 24.9 Å². The molecule has 3 N–H and O–H groups in total. The molecule has 2 atom stereocenters. The standard InChI is InChI=1S/C13H22N2O5/c16-6-2-5-14(9-3-1-4-9)13(20)15-8-10(17)7-11(15)12(18)19/h9-11,16-17H,1-8H2,(H,18,19). The van der Waals surface area contributed by atoms with Crippen LogP contribution in [0.4, 0.5) is 4.79 Å². The minimum absolute atomic E-state index is 0.00147. The van der Waals surface area contributed by atoms with Gasteiger partial charge in [-0.25, -0.2) is 9.59 Å². The number of carboxylic acid groups (broad SMARTS) is 1. The number of aliphatic carboxylic acids is 1. The smallest absolute Gasteiger partial charge is 0.326 e. The maximum Gasteiger partial charge on any atom is 0.326 e. The van der Waals surface area contributed by atoms with Crippen LogP contribution in [0, 0.1) is 0 Å². The van der Waals surface area contributed by atoms with Crippen LogP contribution in [0.1, 0.15) is 32.1 Å². The fourth-order valence-electron chi connectivity index (χ4n) is 2.80. The normalized spacial score (nSPS) is 26.4. The van der Waals surface area contributed by atoms with Crippen LogP contribution in [0.5, 0.6) is 0 Å². The molecule has 0 radical (unpaired) electrons. The maximum atomic E-state index is 12.5. The monoisotopic (exact) mass is 286 g/mol. The van der Waals surface area contributed by atoms with E-state index in [2.05, 4.69) is 0 Å². The minimum Gasteiger partial charge on any atom is -0.480 e. The number of hydrogen-bond acceptors (Lipinski definition) is 4. The number of carboxylic acids is 1. The van der Waals surface area contributed by atoms with Gasteiger partial charge in [-0.3, -0.25) is 0 Å². The molecule has 1 saturated carbocycles. The van der Waals surface area contributed by atoms with Crippen LogP contribution in [-0.2, 0) is 4.79 Å². The Morgan fingerprint density at radius 3 is 2.50 bits per heavy atom. The van der Waals surface area contributed by atoms with Gasteiger partial charge in [-0.1, -0.05) is 0 Å². The van der Waals surface area contributed by atoms with Gasteiger partial charge in [0.15, 0.2) is 0 Å². The third-order valence-corrected chi connectivity index (χ3v) is 4.13. The van der Waals surface area contributed by atoms with Crippen molar-refractivity contribution in [2.45, 2.75) is 50.3 Å². The Labute approximate surface area is 117 Å². The molecule has 0 aromatic heterocycles. The summed E-state index contributed by atoms with van der Waals surface area (Å²) in [6.07, 6.45) is 2.70. The van der Waals surface area contributed by atoms with Crippen LogP contribution < -0.4 is 0 Å². The zero-order valence-corrected chi connectivity index (χ0v) is 11.4. The molecule has 1 aliphatic carbocycles. The van der Waals surface area contributed by atoms with Crippen molar-refractivity contribution in [2.24, 2.45) is 0 Å². The fraction of sp³-hybridized carbons (Fsp3) is 0.846. The van der Waals surface area contributed by atoms with Crippen molar-refractivity contribution in [3.8, 4) is 0 Å². The van der Waals surface area contributed by atoms with Crippen molar-refractivity contribution in [3.05, 3.63) is 0 Å². The Hall–Kier alpha value is -1.34. The van der Waals surface area contributed by atoms with Gasteiger partial charge in [0.25, 0.3) is 0 Å². The molecule has 2 aliphatic rings. The van der Waals surface area contributed by atoms with E-state index in [1.807, 2.05) is 0 Å². The molecule has 1 saturated heterocycles. The summed E-state index contributed by atoms with van der Waals surface area (Å²) in [5.41, 5.74) is 0. The van der Waals surface area contributed by atoms with Crippen molar-refractivity contribution in [1.29, 1.82) is 0 Å². The van der Waals surface area contributed by atoms with Gasteiger partial charge in [-0.15, -0.1) is 0 Å². The third kappa shape index (κ3) is 3.04. The topological polar surface area (TPSA) is 101 Å². The summed E-state index contributed by atoms with van der Waals surface area (Å²) in [5.74, 6) is -1.08. The van der Waals surface area contributed by atoms with Gasteiger partial charge in [0.1, 0.15) is 6.04 Å². The van der Waals surface area contributed by atoms with Gasteiger partial charge < -0.3 is 25.1 Å². The minimum atomic E-state index is -1.08. The summed E-state index contributed by atoms with van der Waals surface area (Å²) in [5, 5.41) is 27.7. The molecule has 1 heterocycles. The lowest BCUT2D eigenvalue weighted by atomic mass is 9.91. The molecule has 0 bridgehead atoms. The molecule has 2 fully saturated rings. The van der Waals surface area contributed by atoms with Gasteiger partial charge in [0.05, 0.1) is 6.10 Å². The average Bonchev–Trinajstić information content (AvgIpc) is 2.73. The molecule has 2 amide bonds. The van der Waals surface area contributed by atoms with E-state index in [1.165, 1.54) is 4.90 Å². The SMILES string of the molecule is O=C(O)C1CC(O)CN1C(=O)N(CCCO)C1CCC1. The molecule has 1 aliphatic heterocycles. The lowest BCUT2D eigenvalue weighted by molar-refractivity contribution is -0.141. The third-order valence-electron chi connectivity index (χ3n) is 4.13. The van der Waals surface area contributed by atoms with E-state index >= 15 is 0 Å². The zero-order valence-electron chi connectivity index (χ0n) is 11.4. The van der Waals surface area contributed by atoms with E-state index in [4.69, 9.17) is 10.2 Å². The van der Waals surface area contributed by atoms with Crippen LogP contribution >= 0.6 is 0 Å². The predicted molar refractivity (Wildman–Crippen MR) is 70.2 cm³/mol. The Morgan fingerprint density at radius 2 is 2.00 bits per heavy atom. The van der Waals surface area contributed by atoms with Gasteiger partial charge in [-0.05, 0) is 25.7 Å². The number of hydrogen-bond donors (Lipinski definition) is 3. The second-order valence-electron chi connectivity index (χ2n) is 5.53. The quantitative estimate of drug-likeness (QED) is 0.653. The highest BCUT2D eigenvalue weighted by atomic mass is 16.4. The van der Waals surface area contributed by atoms with Gasteiger partial charge in [0.2, 0.25) is 0 Å². The highest BCUT2D eigenvalue weighted by Gasteiger charge is 2.42. The summed E-state index contributed by atoms with van der Waals surface area (Å²) >= 11 is 0. The van der Waals surface area contributed by atoms with Gasteiger partial charge in [0, 0.05) is 32.2 Å². The lowest BCUT2D eigenvalue weighted by Gasteiger charge is -2.40. The van der Waals surface area contributed by atoms with Crippen LogP contribution in [0.25, 0.3) is 0 Å². The number of nitrogens with zero attached hydrogens (tertiary/aromatic N) is 2. The zero-order chi connectivity index (χ0) is 14.7. The number of aliphatic hydroxyl groups excluding tert-OH is 2. The maximum absolute atomic E-state index is 12.5. The summed E-state index contributed by atoms with van der Waals surface area (Å²) < 4.78 is 0. The van der Waals surface area contributed by atoms with E-state index in [0.717, 1.165) is 19.3 Å². The van der Waals surface area contributed by atoms with E-state index in [-0.39, 0.29) is 31.6 Å². The molecular weight excluding hydrogens is 264 g/mol. The molecule has 0 spiro atoms. The Bertz CT molecular complexity index is 372. The number of rotatable bonds is 5. The first-order valence-electron chi connectivity index (χ1n) is 7.13. The first kappa shape index (κ1) is 15.1. The lowest BCUT2D eigenvalue weighted by Crippen LogP contribution is -2.53. The number of β-amino-alcohol motifs (C(OH)–C–C–N with tert-alkyl or cyclic N) is 1. The Morgan fingerprint density at radius 1 is 1.30 bits per heavy atom. The molecule has 0 aromatic carbocycles. The van der Waals surface area contributed by atoms with Gasteiger partial charge in [-0.2, -0.15) is 0 Å². The van der Waals surface area contributed by atoms with Crippen molar-refractivity contribution in [2.75, 3.05) is 19.7 Å². The first-order valence-corrected chi connectivity index (χ1v) is 7.13. The van der Waals surface area contributed by atoms with Gasteiger partial charge >= 0.3 is 12.0 Å². The van der Waals surface area contributed by atoms with Crippen LogP contribution in [0.3, 0.4) is 0 Å². The number of carbonyl (C=O) groups excluding carboxylic acids is 1. The summed E-state index contributed by atoms with van der Waals surface area (Å²) in [4.78, 5) is 26.6. The number of carbonyl (C=O) groups is 2. The van der Waals surface area contributed by atoms with E-state index in [0.29, 0.717) is 13.0 Å². The van der Waals surface area contributed by atoms with E-state index < -0.39 is 18.1 Å². The molecular formula is C13H22N2O5. The van der Waals surface area contributed by atoms with Crippen LogP contribution in [-0.4, -0.2) is 75.0 Å². The second-order valence-corrected chi connectivity index (χ2v) is 5.53. The number of urea groups is 1. The Kier molecular flexibility index (Phi) is 4.82. The number of amides is 2. The van der Waals surface area contributed by atoms with Crippen molar-refractivity contribution in [1.82, 2.24) is 9.80 Å². The number of likely N-dealkylation sites (tertiary alicyclic amines) is 1. The summed E-state index contributed by atoms with van der Waals surface area (Å²) in [6, 6.07) is -1.14. The molecule has 2 unspecified atom stereocenters. The second kappa shape index (κ2) is 6.41. The average molecular weight is 286 g/mol. The number of aliphatic hydroxyl groups is 2. The summed E-state index contributed by atoms with van der Waals surface area (Å²) in [7, 11) is 0. The van der Waals surface area contributed by atoms with E-state index in [9.17, 15) is 14.7 Å². The molecule has 7 nitrogen and oxygen atoms in total. The van der Waals surface area contributed by atoms with Crippen molar-refractivity contribution >= 4 is 12.0 Å². The molecule has 0 aromatic rings. The molecule has 114 valence electrons. The predicted octanol–water partition coefficient (Wildman–Crippen LogP) is -0.137. The highest BCUT2D eigenvalue weighted by molar-refractivity contribution is 5.83. The largest absolute Gasteiger partial charge is 0.480 e. The van der Waals surface area contributed by atoms with Crippen molar-refractivity contribution in [3.63, 3.8) is 0 Å². The molecule has 20 heavy (non-hydrogen) atoms. The van der Waals surface area contributed by atoms with E-state index in [1.54, 1.807) is 4.90 Å². The highest BCUT2D eigenvalue weighted by Crippen LogP contribution is 2.28. The molecule has 7 heteroatoms.